The van der Waals surface area contributed by atoms with E-state index in [9.17, 15) is 4.79 Å². The van der Waals surface area contributed by atoms with E-state index in [4.69, 9.17) is 4.74 Å². The highest BCUT2D eigenvalue weighted by atomic mass is 16.5. The lowest BCUT2D eigenvalue weighted by Gasteiger charge is -2.28. The molecular formula is C21H30N4O2. The fourth-order valence-corrected chi connectivity index (χ4v) is 2.85. The van der Waals surface area contributed by atoms with E-state index in [0.29, 0.717) is 26.2 Å². The van der Waals surface area contributed by atoms with E-state index in [1.807, 2.05) is 26.2 Å². The Morgan fingerprint density at radius 3 is 2.56 bits per heavy atom. The van der Waals surface area contributed by atoms with Crippen LogP contribution in [0.3, 0.4) is 0 Å². The molecule has 1 aromatic carbocycles. The third-order valence-corrected chi connectivity index (χ3v) is 4.48. The van der Waals surface area contributed by atoms with Gasteiger partial charge in [0.15, 0.2) is 0 Å². The molecule has 0 bridgehead atoms. The molecule has 0 radical (unpaired) electrons. The van der Waals surface area contributed by atoms with Gasteiger partial charge < -0.3 is 19.9 Å². The van der Waals surface area contributed by atoms with Crippen molar-refractivity contribution in [3.05, 3.63) is 65.5 Å². The van der Waals surface area contributed by atoms with Crippen molar-refractivity contribution in [2.45, 2.75) is 19.5 Å². The molecule has 146 valence electrons. The molecule has 1 N–H and O–H groups in total. The molecule has 2 aromatic rings. The Morgan fingerprint density at radius 1 is 1.22 bits per heavy atom. The fourth-order valence-electron chi connectivity index (χ4n) is 2.85. The van der Waals surface area contributed by atoms with Crippen molar-refractivity contribution in [1.82, 2.24) is 20.1 Å². The van der Waals surface area contributed by atoms with Crippen LogP contribution in [0.15, 0.2) is 48.8 Å². The molecule has 2 amide bonds. The second-order valence-corrected chi connectivity index (χ2v) is 6.85. The van der Waals surface area contributed by atoms with Gasteiger partial charge in [0.25, 0.3) is 0 Å². The highest BCUT2D eigenvalue weighted by molar-refractivity contribution is 5.74. The first-order chi connectivity index (χ1) is 13.0. The number of ether oxygens (including phenoxy) is 1. The lowest BCUT2D eigenvalue weighted by Crippen LogP contribution is -2.44. The number of hydrogen-bond acceptors (Lipinski definition) is 4. The van der Waals surface area contributed by atoms with Gasteiger partial charge in [-0.3, -0.25) is 4.98 Å². The molecule has 0 spiro atoms. The van der Waals surface area contributed by atoms with Crippen molar-refractivity contribution in [3.8, 4) is 0 Å². The van der Waals surface area contributed by atoms with E-state index in [0.717, 1.165) is 5.56 Å². The van der Waals surface area contributed by atoms with Crippen molar-refractivity contribution >= 4 is 6.03 Å². The highest BCUT2D eigenvalue weighted by Crippen LogP contribution is 2.18. The monoisotopic (exact) mass is 370 g/mol. The molecule has 0 aliphatic carbocycles. The third-order valence-electron chi connectivity index (χ3n) is 4.48. The number of amides is 2. The molecule has 1 aromatic heterocycles. The van der Waals surface area contributed by atoms with Crippen LogP contribution in [-0.4, -0.2) is 61.7 Å². The van der Waals surface area contributed by atoms with Crippen LogP contribution in [0.2, 0.25) is 0 Å². The number of methoxy groups -OCH3 is 1. The maximum atomic E-state index is 12.8. The average Bonchev–Trinajstić information content (AvgIpc) is 2.67. The van der Waals surface area contributed by atoms with E-state index in [1.165, 1.54) is 11.1 Å². The first-order valence-corrected chi connectivity index (χ1v) is 9.15. The van der Waals surface area contributed by atoms with Gasteiger partial charge in [0.2, 0.25) is 0 Å². The number of carbonyl (C=O) groups is 1. The smallest absolute Gasteiger partial charge is 0.317 e. The van der Waals surface area contributed by atoms with Crippen molar-refractivity contribution in [3.63, 3.8) is 0 Å². The zero-order chi connectivity index (χ0) is 19.6. The van der Waals surface area contributed by atoms with Gasteiger partial charge in [0, 0.05) is 39.1 Å². The summed E-state index contributed by atoms with van der Waals surface area (Å²) < 4.78 is 5.16. The number of aromatic nitrogens is 1. The summed E-state index contributed by atoms with van der Waals surface area (Å²) in [5.41, 5.74) is 3.40. The number of nitrogens with one attached hydrogen (secondary N) is 1. The summed E-state index contributed by atoms with van der Waals surface area (Å²) in [7, 11) is 5.68. The van der Waals surface area contributed by atoms with Gasteiger partial charge in [-0.05, 0) is 38.2 Å². The van der Waals surface area contributed by atoms with E-state index in [2.05, 4.69) is 46.4 Å². The Hall–Kier alpha value is -2.44. The van der Waals surface area contributed by atoms with Crippen LogP contribution in [-0.2, 0) is 11.3 Å². The minimum Gasteiger partial charge on any atom is -0.383 e. The molecule has 0 saturated heterocycles. The van der Waals surface area contributed by atoms with Gasteiger partial charge in [0.05, 0.1) is 12.6 Å². The summed E-state index contributed by atoms with van der Waals surface area (Å²) in [5, 5.41) is 3.08. The number of likely N-dealkylation sites (N-methyl/N-ethyl adjacent to an activating group) is 1. The summed E-state index contributed by atoms with van der Waals surface area (Å²) in [4.78, 5) is 20.8. The van der Waals surface area contributed by atoms with Crippen molar-refractivity contribution < 1.29 is 9.53 Å². The number of urea groups is 1. The number of pyridine rings is 1. The Labute approximate surface area is 162 Å². The van der Waals surface area contributed by atoms with Gasteiger partial charge in [-0.2, -0.15) is 0 Å². The molecule has 1 heterocycles. The molecule has 0 aliphatic heterocycles. The summed E-state index contributed by atoms with van der Waals surface area (Å²) in [5.74, 6) is 0. The molecule has 0 fully saturated rings. The Kier molecular flexibility index (Phi) is 8.23. The van der Waals surface area contributed by atoms with E-state index < -0.39 is 0 Å². The Morgan fingerprint density at radius 2 is 1.96 bits per heavy atom. The van der Waals surface area contributed by atoms with Crippen LogP contribution in [0.4, 0.5) is 4.79 Å². The van der Waals surface area contributed by atoms with Gasteiger partial charge in [0.1, 0.15) is 0 Å². The average molecular weight is 370 g/mol. The molecule has 1 atom stereocenters. The number of hydrogen-bond donors (Lipinski definition) is 1. The maximum Gasteiger partial charge on any atom is 0.317 e. The van der Waals surface area contributed by atoms with Crippen LogP contribution in [0.25, 0.3) is 0 Å². The second-order valence-electron chi connectivity index (χ2n) is 6.85. The van der Waals surface area contributed by atoms with Crippen molar-refractivity contribution in [2.75, 3.05) is 40.9 Å². The van der Waals surface area contributed by atoms with Crippen LogP contribution in [0.5, 0.6) is 0 Å². The lowest BCUT2D eigenvalue weighted by molar-refractivity contribution is 0.144. The molecule has 6 nitrogen and oxygen atoms in total. The molecule has 2 rings (SSSR count). The first-order valence-electron chi connectivity index (χ1n) is 9.15. The highest BCUT2D eigenvalue weighted by Gasteiger charge is 2.18. The molecule has 1 unspecified atom stereocenters. The van der Waals surface area contributed by atoms with Crippen LogP contribution in [0, 0.1) is 6.92 Å². The minimum absolute atomic E-state index is 0.102. The fraction of sp³-hybridized carbons (Fsp3) is 0.429. The Balaban J connectivity index is 2.02. The first kappa shape index (κ1) is 20.9. The third kappa shape index (κ3) is 6.66. The number of benzene rings is 1. The summed E-state index contributed by atoms with van der Waals surface area (Å²) in [6, 6.07) is 12.3. The number of aryl methyl sites for hydroxylation is 1. The molecular weight excluding hydrogens is 340 g/mol. The van der Waals surface area contributed by atoms with Crippen LogP contribution < -0.4 is 5.32 Å². The number of carbonyl (C=O) groups excluding carboxylic acids is 1. The second kappa shape index (κ2) is 10.6. The number of nitrogens with zero attached hydrogens (tertiary/aromatic N) is 3. The van der Waals surface area contributed by atoms with E-state index in [1.54, 1.807) is 24.4 Å². The maximum absolute atomic E-state index is 12.8. The predicted octanol–water partition coefficient (Wildman–Crippen LogP) is 2.85. The van der Waals surface area contributed by atoms with Crippen molar-refractivity contribution in [2.24, 2.45) is 0 Å². The molecule has 0 saturated carbocycles. The van der Waals surface area contributed by atoms with Crippen LogP contribution in [0.1, 0.15) is 22.7 Å². The standard InChI is InChI=1S/C21H30N4O2/c1-17-7-9-19(10-8-17)20(24(2)3)15-23-21(26)25(12-13-27-4)16-18-6-5-11-22-14-18/h5-11,14,20H,12-13,15-16H2,1-4H3,(H,23,26). The van der Waals surface area contributed by atoms with E-state index >= 15 is 0 Å². The van der Waals surface area contributed by atoms with E-state index in [-0.39, 0.29) is 12.1 Å². The largest absolute Gasteiger partial charge is 0.383 e. The Bertz CT molecular complexity index is 689. The topological polar surface area (TPSA) is 57.7 Å². The van der Waals surface area contributed by atoms with Gasteiger partial charge in [-0.1, -0.05) is 35.9 Å². The summed E-state index contributed by atoms with van der Waals surface area (Å²) in [6.45, 7) is 4.12. The normalized spacial score (nSPS) is 12.0. The molecule has 6 heteroatoms. The number of rotatable bonds is 9. The lowest BCUT2D eigenvalue weighted by atomic mass is 10.0. The molecule has 0 aliphatic rings. The summed E-state index contributed by atoms with van der Waals surface area (Å²) in [6.07, 6.45) is 3.51. The van der Waals surface area contributed by atoms with Gasteiger partial charge >= 0.3 is 6.03 Å². The van der Waals surface area contributed by atoms with Gasteiger partial charge in [-0.25, -0.2) is 4.79 Å². The van der Waals surface area contributed by atoms with Crippen LogP contribution >= 0.6 is 0 Å². The zero-order valence-electron chi connectivity index (χ0n) is 16.7. The summed E-state index contributed by atoms with van der Waals surface area (Å²) >= 11 is 0. The predicted molar refractivity (Wildman–Crippen MR) is 108 cm³/mol. The van der Waals surface area contributed by atoms with Crippen molar-refractivity contribution in [1.29, 1.82) is 0 Å². The molecule has 27 heavy (non-hydrogen) atoms. The quantitative estimate of drug-likeness (QED) is 0.737. The van der Waals surface area contributed by atoms with Gasteiger partial charge in [-0.15, -0.1) is 0 Å². The zero-order valence-corrected chi connectivity index (χ0v) is 16.7. The minimum atomic E-state index is -0.102. The SMILES string of the molecule is COCCN(Cc1cccnc1)C(=O)NCC(c1ccc(C)cc1)N(C)C.